The van der Waals surface area contributed by atoms with Gasteiger partial charge in [0.2, 0.25) is 0 Å². The Bertz CT molecular complexity index is 719. The second kappa shape index (κ2) is 8.84. The Morgan fingerprint density at radius 2 is 1.90 bits per heavy atom. The van der Waals surface area contributed by atoms with Crippen molar-refractivity contribution in [2.45, 2.75) is 38.6 Å². The van der Waals surface area contributed by atoms with E-state index in [4.69, 9.17) is 9.47 Å². The highest BCUT2D eigenvalue weighted by Gasteiger charge is 2.54. The summed E-state index contributed by atoms with van der Waals surface area (Å²) in [4.78, 5) is 30.6. The van der Waals surface area contributed by atoms with Gasteiger partial charge < -0.3 is 14.4 Å². The molecular weight excluding hydrogens is 368 g/mol. The molecule has 2 saturated heterocycles. The smallest absolute Gasteiger partial charge is 0.314 e. The van der Waals surface area contributed by atoms with Crippen LogP contribution in [0.15, 0.2) is 30.3 Å². The number of piperidine rings is 1. The Hall–Kier alpha value is -1.92. The quantitative estimate of drug-likeness (QED) is 0.727. The van der Waals surface area contributed by atoms with Crippen molar-refractivity contribution in [3.8, 4) is 0 Å². The van der Waals surface area contributed by atoms with E-state index in [1.807, 2.05) is 42.2 Å². The van der Waals surface area contributed by atoms with Gasteiger partial charge in [-0.15, -0.1) is 0 Å². The third kappa shape index (κ3) is 4.05. The van der Waals surface area contributed by atoms with Gasteiger partial charge in [-0.25, -0.2) is 0 Å². The maximum Gasteiger partial charge on any atom is 0.314 e. The Kier molecular flexibility index (Phi) is 6.20. The number of hydrogen-bond donors (Lipinski definition) is 0. The van der Waals surface area contributed by atoms with Crippen LogP contribution in [0.3, 0.4) is 0 Å². The van der Waals surface area contributed by atoms with Crippen LogP contribution in [-0.4, -0.2) is 73.7 Å². The summed E-state index contributed by atoms with van der Waals surface area (Å²) in [5.74, 6) is 0.169. The molecule has 1 aliphatic carbocycles. The number of morpholine rings is 1. The Morgan fingerprint density at radius 3 is 2.62 bits per heavy atom. The monoisotopic (exact) mass is 400 g/mol. The van der Waals surface area contributed by atoms with Gasteiger partial charge in [-0.1, -0.05) is 18.2 Å². The van der Waals surface area contributed by atoms with Gasteiger partial charge in [0, 0.05) is 37.8 Å². The zero-order valence-electron chi connectivity index (χ0n) is 17.3. The van der Waals surface area contributed by atoms with Crippen LogP contribution in [0.25, 0.3) is 0 Å². The maximum atomic E-state index is 13.1. The van der Waals surface area contributed by atoms with Crippen LogP contribution in [0.1, 0.15) is 43.0 Å². The number of amides is 1. The molecule has 2 heterocycles. The molecule has 0 aromatic heterocycles. The summed E-state index contributed by atoms with van der Waals surface area (Å²) in [6.45, 7) is 6.96. The van der Waals surface area contributed by atoms with Crippen LogP contribution < -0.4 is 0 Å². The molecule has 0 radical (unpaired) electrons. The molecule has 1 aromatic carbocycles. The summed E-state index contributed by atoms with van der Waals surface area (Å²) >= 11 is 0. The number of benzene rings is 1. The number of ether oxygens (including phenoxy) is 2. The number of hydrogen-bond acceptors (Lipinski definition) is 5. The van der Waals surface area contributed by atoms with Gasteiger partial charge >= 0.3 is 5.97 Å². The fourth-order valence-electron chi connectivity index (χ4n) is 5.45. The lowest BCUT2D eigenvalue weighted by Crippen LogP contribution is -2.59. The van der Waals surface area contributed by atoms with E-state index in [0.29, 0.717) is 31.3 Å². The lowest BCUT2D eigenvalue weighted by molar-refractivity contribution is -0.168. The largest absolute Gasteiger partial charge is 0.466 e. The zero-order valence-corrected chi connectivity index (χ0v) is 17.3. The molecule has 1 saturated carbocycles. The van der Waals surface area contributed by atoms with Crippen LogP contribution in [0.5, 0.6) is 0 Å². The van der Waals surface area contributed by atoms with Gasteiger partial charge in [0.05, 0.1) is 25.2 Å². The van der Waals surface area contributed by atoms with E-state index in [0.717, 1.165) is 52.0 Å². The van der Waals surface area contributed by atoms with Gasteiger partial charge in [-0.3, -0.25) is 14.5 Å². The van der Waals surface area contributed by atoms with Gasteiger partial charge in [0.1, 0.15) is 0 Å². The van der Waals surface area contributed by atoms with Gasteiger partial charge in [-0.2, -0.15) is 0 Å². The highest BCUT2D eigenvalue weighted by molar-refractivity contribution is 5.94. The molecule has 3 aliphatic rings. The number of esters is 1. The van der Waals surface area contributed by atoms with E-state index >= 15 is 0 Å². The minimum Gasteiger partial charge on any atom is -0.466 e. The summed E-state index contributed by atoms with van der Waals surface area (Å²) in [5.41, 5.74) is 0.119. The first-order valence-electron chi connectivity index (χ1n) is 11.0. The SMILES string of the molecule is CCOC(=O)[C@@]12CC[C@H](N3CCOCC3)C[C@H]1CCN(C(=O)c1ccccc1)C2. The highest BCUT2D eigenvalue weighted by atomic mass is 16.5. The lowest BCUT2D eigenvalue weighted by Gasteiger charge is -2.52. The summed E-state index contributed by atoms with van der Waals surface area (Å²) < 4.78 is 11.1. The summed E-state index contributed by atoms with van der Waals surface area (Å²) in [7, 11) is 0. The van der Waals surface area contributed by atoms with Crippen molar-refractivity contribution in [3.63, 3.8) is 0 Å². The first-order chi connectivity index (χ1) is 14.1. The molecule has 3 fully saturated rings. The van der Waals surface area contributed by atoms with Crippen molar-refractivity contribution in [1.29, 1.82) is 0 Å². The normalized spacial score (nSPS) is 30.4. The minimum absolute atomic E-state index is 0.0167. The second-order valence-electron chi connectivity index (χ2n) is 8.53. The van der Waals surface area contributed by atoms with Crippen LogP contribution in [0.2, 0.25) is 0 Å². The number of nitrogens with zero attached hydrogens (tertiary/aromatic N) is 2. The average Bonchev–Trinajstić information content (AvgIpc) is 2.79. The predicted molar refractivity (Wildman–Crippen MR) is 110 cm³/mol. The molecule has 0 unspecified atom stereocenters. The molecule has 0 N–H and O–H groups in total. The molecule has 158 valence electrons. The number of likely N-dealkylation sites (tertiary alicyclic amines) is 1. The van der Waals surface area contributed by atoms with Crippen LogP contribution in [0.4, 0.5) is 0 Å². The van der Waals surface area contributed by atoms with Gasteiger partial charge in [0.25, 0.3) is 5.91 Å². The van der Waals surface area contributed by atoms with E-state index in [-0.39, 0.29) is 17.8 Å². The Balaban J connectivity index is 1.53. The minimum atomic E-state index is -0.568. The number of rotatable bonds is 4. The topological polar surface area (TPSA) is 59.1 Å². The highest BCUT2D eigenvalue weighted by Crippen LogP contribution is 2.48. The van der Waals surface area contributed by atoms with E-state index < -0.39 is 5.41 Å². The summed E-state index contributed by atoms with van der Waals surface area (Å²) in [5, 5.41) is 0. The third-order valence-corrected chi connectivity index (χ3v) is 7.03. The molecule has 0 spiro atoms. The maximum absolute atomic E-state index is 13.1. The molecular formula is C23H32N2O4. The number of carbonyl (C=O) groups excluding carboxylic acids is 2. The molecule has 2 aliphatic heterocycles. The lowest BCUT2D eigenvalue weighted by atomic mass is 9.61. The number of carbonyl (C=O) groups is 2. The van der Waals surface area contributed by atoms with Crippen LogP contribution in [0, 0.1) is 11.3 Å². The first kappa shape index (κ1) is 20.4. The Labute approximate surface area is 173 Å². The van der Waals surface area contributed by atoms with E-state index in [2.05, 4.69) is 4.90 Å². The molecule has 6 nitrogen and oxygen atoms in total. The summed E-state index contributed by atoms with van der Waals surface area (Å²) in [6.07, 6.45) is 3.63. The van der Waals surface area contributed by atoms with Crippen molar-refractivity contribution < 1.29 is 19.1 Å². The van der Waals surface area contributed by atoms with Crippen molar-refractivity contribution >= 4 is 11.9 Å². The van der Waals surface area contributed by atoms with Gasteiger partial charge in [-0.05, 0) is 50.7 Å². The second-order valence-corrected chi connectivity index (χ2v) is 8.53. The Morgan fingerprint density at radius 1 is 1.14 bits per heavy atom. The van der Waals surface area contributed by atoms with Crippen molar-refractivity contribution in [3.05, 3.63) is 35.9 Å². The zero-order chi connectivity index (χ0) is 20.3. The van der Waals surface area contributed by atoms with Crippen LogP contribution in [-0.2, 0) is 14.3 Å². The van der Waals surface area contributed by atoms with E-state index in [1.165, 1.54) is 0 Å². The van der Waals surface area contributed by atoms with E-state index in [9.17, 15) is 9.59 Å². The molecule has 29 heavy (non-hydrogen) atoms. The summed E-state index contributed by atoms with van der Waals surface area (Å²) in [6, 6.07) is 9.88. The molecule has 6 heteroatoms. The molecule has 4 rings (SSSR count). The molecule has 1 aromatic rings. The third-order valence-electron chi connectivity index (χ3n) is 7.03. The molecule has 3 atom stereocenters. The van der Waals surface area contributed by atoms with Gasteiger partial charge in [0.15, 0.2) is 0 Å². The van der Waals surface area contributed by atoms with Crippen LogP contribution >= 0.6 is 0 Å². The number of fused-ring (bicyclic) bond motifs is 1. The fraction of sp³-hybridized carbons (Fsp3) is 0.652. The first-order valence-corrected chi connectivity index (χ1v) is 11.0. The standard InChI is InChI=1S/C23H32N2O4/c1-2-29-22(27)23-10-8-20(24-12-14-28-15-13-24)16-19(23)9-11-25(17-23)21(26)18-6-4-3-5-7-18/h3-7,19-20H,2,8-17H2,1H3/t19-,20+,23-/m1/s1. The fourth-order valence-corrected chi connectivity index (χ4v) is 5.45. The van der Waals surface area contributed by atoms with Crippen molar-refractivity contribution in [2.75, 3.05) is 46.0 Å². The molecule has 1 amide bonds. The predicted octanol–water partition coefficient (Wildman–Crippen LogP) is 2.58. The molecule has 0 bridgehead atoms. The average molecular weight is 401 g/mol. The van der Waals surface area contributed by atoms with E-state index in [1.54, 1.807) is 0 Å². The van der Waals surface area contributed by atoms with Crippen molar-refractivity contribution in [1.82, 2.24) is 9.80 Å². The van der Waals surface area contributed by atoms with Crippen molar-refractivity contribution in [2.24, 2.45) is 11.3 Å².